The van der Waals surface area contributed by atoms with Crippen LogP contribution in [0.25, 0.3) is 0 Å². The molecular formula is C41H58O13S. The van der Waals surface area contributed by atoms with Crippen LogP contribution in [-0.2, 0) is 48.3 Å². The number of hydrogen-bond donors (Lipinski definition) is 2. The lowest BCUT2D eigenvalue weighted by Crippen LogP contribution is -2.71. The molecule has 0 radical (unpaired) electrons. The molecule has 0 aromatic heterocycles. The monoisotopic (exact) mass is 790 g/mol. The maximum absolute atomic E-state index is 14.3. The number of carboxylic acids is 1. The van der Waals surface area contributed by atoms with Crippen LogP contribution in [-0.4, -0.2) is 83.5 Å². The Bertz CT molecular complexity index is 1690. The molecule has 0 amide bonds. The van der Waals surface area contributed by atoms with Gasteiger partial charge in [0.1, 0.15) is 0 Å². The normalized spacial score (nSPS) is 49.9. The van der Waals surface area contributed by atoms with Gasteiger partial charge in [-0.2, -0.15) is 0 Å². The Labute approximate surface area is 323 Å². The summed E-state index contributed by atoms with van der Waals surface area (Å²) in [5.74, 6) is -2.97. The molecule has 2 N–H and O–H groups in total. The Kier molecular flexibility index (Phi) is 9.27. The van der Waals surface area contributed by atoms with E-state index in [1.54, 1.807) is 0 Å². The quantitative estimate of drug-likeness (QED) is 0.288. The molecular weight excluding hydrogens is 733 g/mol. The molecule has 1 aromatic carbocycles. The Morgan fingerprint density at radius 3 is 1.60 bits per heavy atom. The van der Waals surface area contributed by atoms with Crippen LogP contribution in [0.4, 0.5) is 0 Å². The zero-order valence-electron chi connectivity index (χ0n) is 32.8. The second-order valence-electron chi connectivity index (χ2n) is 19.1. The molecule has 13 nitrogen and oxygen atoms in total. The van der Waals surface area contributed by atoms with Gasteiger partial charge in [0.25, 0.3) is 0 Å². The van der Waals surface area contributed by atoms with Crippen molar-refractivity contribution in [3.05, 3.63) is 29.8 Å². The van der Waals surface area contributed by atoms with E-state index in [1.165, 1.54) is 24.3 Å². The Balaban J connectivity index is 1.06. The van der Waals surface area contributed by atoms with Crippen LogP contribution >= 0.6 is 0 Å². The molecule has 11 rings (SSSR count). The van der Waals surface area contributed by atoms with Crippen molar-refractivity contribution in [2.75, 3.05) is 5.75 Å². The van der Waals surface area contributed by atoms with E-state index in [1.807, 2.05) is 13.8 Å². The minimum atomic E-state index is -4.15. The Morgan fingerprint density at radius 1 is 0.709 bits per heavy atom. The van der Waals surface area contributed by atoms with Gasteiger partial charge >= 0.3 is 5.97 Å². The average molecular weight is 791 g/mol. The molecule has 2 spiro atoms. The third-order valence-electron chi connectivity index (χ3n) is 15.7. The summed E-state index contributed by atoms with van der Waals surface area (Å²) in [6, 6.07) is 5.13. The van der Waals surface area contributed by atoms with Crippen molar-refractivity contribution in [2.45, 2.75) is 164 Å². The van der Waals surface area contributed by atoms with Crippen LogP contribution in [0.2, 0.25) is 0 Å². The summed E-state index contributed by atoms with van der Waals surface area (Å²) in [6.07, 6.45) is 4.13. The van der Waals surface area contributed by atoms with Gasteiger partial charge in [0.05, 0.1) is 34.0 Å². The summed E-state index contributed by atoms with van der Waals surface area (Å²) in [6.45, 7) is 12.5. The van der Waals surface area contributed by atoms with E-state index in [2.05, 4.69) is 27.7 Å². The number of aromatic carboxylic acids is 1. The average Bonchev–Trinajstić information content (AvgIpc) is 3.50. The summed E-state index contributed by atoms with van der Waals surface area (Å²) in [4.78, 5) is 36.3. The van der Waals surface area contributed by atoms with E-state index in [0.717, 1.165) is 38.5 Å². The van der Waals surface area contributed by atoms with E-state index in [-0.39, 0.29) is 58.8 Å². The topological polar surface area (TPSA) is 166 Å². The van der Waals surface area contributed by atoms with Crippen molar-refractivity contribution < 1.29 is 61.9 Å². The van der Waals surface area contributed by atoms with E-state index < -0.39 is 74.7 Å². The van der Waals surface area contributed by atoms with Crippen LogP contribution < -0.4 is 0 Å². The van der Waals surface area contributed by atoms with Gasteiger partial charge in [0, 0.05) is 37.5 Å². The fraction of sp³-hybridized carbons (Fsp3) is 0.829. The lowest BCUT2D eigenvalue weighted by molar-refractivity contribution is -0.572. The number of ether oxygens (including phenoxy) is 4. The smallest absolute Gasteiger partial charge is 0.335 e. The van der Waals surface area contributed by atoms with Gasteiger partial charge in [-0.15, -0.1) is 0 Å². The summed E-state index contributed by atoms with van der Waals surface area (Å²) in [5.41, 5.74) is -3.48. The number of hydrogen-bond acceptors (Lipinski definition) is 12. The van der Waals surface area contributed by atoms with Crippen molar-refractivity contribution in [3.8, 4) is 0 Å². The molecule has 14 heteroatoms. The van der Waals surface area contributed by atoms with Crippen LogP contribution in [0.1, 0.15) is 116 Å². The molecule has 8 heterocycles. The Morgan fingerprint density at radius 2 is 1.16 bits per heavy atom. The molecule has 8 saturated heterocycles. The first kappa shape index (κ1) is 38.8. The van der Waals surface area contributed by atoms with Gasteiger partial charge in [-0.3, -0.25) is 0 Å². The first-order chi connectivity index (χ1) is 25.9. The molecule has 10 fully saturated rings. The number of fused-ring (bicyclic) bond motifs is 4. The molecule has 8 aliphatic heterocycles. The number of aliphatic hydroxyl groups is 1. The van der Waals surface area contributed by atoms with Crippen LogP contribution in [0.3, 0.4) is 0 Å². The van der Waals surface area contributed by atoms with Crippen LogP contribution in [0.5, 0.6) is 0 Å². The van der Waals surface area contributed by atoms with Gasteiger partial charge in [0.2, 0.25) is 11.6 Å². The first-order valence-electron chi connectivity index (χ1n) is 20.6. The van der Waals surface area contributed by atoms with Crippen molar-refractivity contribution in [3.63, 3.8) is 0 Å². The third kappa shape index (κ3) is 6.01. The largest absolute Gasteiger partial charge is 0.478 e. The minimum Gasteiger partial charge on any atom is -0.478 e. The van der Waals surface area contributed by atoms with Crippen molar-refractivity contribution in [1.82, 2.24) is 0 Å². The van der Waals surface area contributed by atoms with E-state index in [4.69, 9.17) is 38.5 Å². The van der Waals surface area contributed by atoms with Crippen molar-refractivity contribution >= 4 is 15.8 Å². The maximum Gasteiger partial charge on any atom is 0.335 e. The van der Waals surface area contributed by atoms with Gasteiger partial charge in [-0.25, -0.2) is 32.8 Å². The van der Waals surface area contributed by atoms with E-state index in [9.17, 15) is 23.4 Å². The highest BCUT2D eigenvalue weighted by atomic mass is 32.2. The number of carboxylic acid groups (broad SMARTS) is 1. The molecule has 2 saturated carbocycles. The predicted molar refractivity (Wildman–Crippen MR) is 193 cm³/mol. The lowest BCUT2D eigenvalue weighted by atomic mass is 9.56. The summed E-state index contributed by atoms with van der Waals surface area (Å²) >= 11 is 0. The highest BCUT2D eigenvalue weighted by molar-refractivity contribution is 7.91. The summed E-state index contributed by atoms with van der Waals surface area (Å²) in [7, 11) is -4.15. The molecule has 0 unspecified atom stereocenters. The maximum atomic E-state index is 14.3. The van der Waals surface area contributed by atoms with Crippen LogP contribution in [0.15, 0.2) is 29.2 Å². The summed E-state index contributed by atoms with van der Waals surface area (Å²) < 4.78 is 55.7. The number of sulfone groups is 1. The lowest BCUT2D eigenvalue weighted by Gasteiger charge is -2.61. The van der Waals surface area contributed by atoms with E-state index >= 15 is 0 Å². The number of rotatable bonds is 8. The van der Waals surface area contributed by atoms with Crippen LogP contribution in [0, 0.1) is 47.3 Å². The van der Waals surface area contributed by atoms with E-state index in [0.29, 0.717) is 24.7 Å². The zero-order chi connectivity index (χ0) is 38.9. The number of benzene rings is 1. The van der Waals surface area contributed by atoms with Crippen molar-refractivity contribution in [1.29, 1.82) is 0 Å². The molecule has 55 heavy (non-hydrogen) atoms. The Hall–Kier alpha value is -1.72. The summed E-state index contributed by atoms with van der Waals surface area (Å²) in [5, 5.41) is 22.5. The fourth-order valence-electron chi connectivity index (χ4n) is 12.6. The van der Waals surface area contributed by atoms with Gasteiger partial charge < -0.3 is 29.2 Å². The number of carbonyl (C=O) groups is 1. The van der Waals surface area contributed by atoms with Gasteiger partial charge in [0.15, 0.2) is 33.6 Å². The highest BCUT2D eigenvalue weighted by Crippen LogP contribution is 2.63. The second kappa shape index (κ2) is 13.1. The highest BCUT2D eigenvalue weighted by Gasteiger charge is 2.71. The molecule has 4 bridgehead atoms. The molecule has 16 atom stereocenters. The zero-order valence-corrected chi connectivity index (χ0v) is 33.6. The molecule has 2 aliphatic carbocycles. The van der Waals surface area contributed by atoms with Crippen molar-refractivity contribution in [2.24, 2.45) is 47.3 Å². The minimum absolute atomic E-state index is 0.00423. The third-order valence-corrected chi connectivity index (χ3v) is 17.6. The first-order valence-corrected chi connectivity index (χ1v) is 22.2. The standard InChI is InChI=1S/C41H58O13S/c1-22-7-13-30-24(3)32(47-35-40(30)28(22)15-17-37(5,49-35)51-53-40)19-39(44,21-55(45,46)27-11-9-26(10-12-27)34(42)43)20-33-25(4)31-14-8-23(2)29-16-18-38(6)50-36(48-33)41(29,31)54-52-38/h9-12,22-25,28-33,35-36,44H,7-8,13-21H2,1-6H3,(H,42,43)/t22-,23-,24-,25-,28+,29+,30+,31+,32-,33-,35-,36-,37-,38-,40-,41-/m1/s1. The molecule has 1 aromatic rings. The molecule has 306 valence electrons. The second-order valence-corrected chi connectivity index (χ2v) is 21.1. The fourth-order valence-corrected chi connectivity index (χ4v) is 14.3. The SMILES string of the molecule is C[C@H]1[C@@H](CC(O)(C[C@H]2O[C@@H]3O[C@@]4(C)CC[C@H]5[C@H](C)CC[C@@H]([C@H]2C)[C@@]35OO4)CS(=O)(=O)c2ccc(C(=O)O)cc2)O[C@@H]2O[C@@]3(C)CC[C@H]4[C@H](C)CC[C@@H]1[C@@]24OO3. The van der Waals surface area contributed by atoms with Gasteiger partial charge in [-0.1, -0.05) is 27.7 Å². The molecule has 10 aliphatic rings. The van der Waals surface area contributed by atoms with Gasteiger partial charge in [-0.05, 0) is 112 Å². The predicted octanol–water partition coefficient (Wildman–Crippen LogP) is 6.17.